The molecule has 0 unspecified atom stereocenters. The van der Waals surface area contributed by atoms with Crippen molar-refractivity contribution in [1.82, 2.24) is 0 Å². The third-order valence-electron chi connectivity index (χ3n) is 13.4. The molecule has 1 heteroatoms. The lowest BCUT2D eigenvalue weighted by Gasteiger charge is -2.15. The fourth-order valence-corrected chi connectivity index (χ4v) is 10.4. The molecule has 10 aromatic rings. The van der Waals surface area contributed by atoms with Crippen LogP contribution in [0, 0.1) is 55.4 Å². The van der Waals surface area contributed by atoms with Crippen molar-refractivity contribution in [1.29, 1.82) is 0 Å². The highest BCUT2D eigenvalue weighted by molar-refractivity contribution is 6.11. The lowest BCUT2D eigenvalue weighted by atomic mass is 9.88. The molecule has 0 saturated heterocycles. The Bertz CT molecular complexity index is 3110. The minimum Gasteiger partial charge on any atom is -0.289 e. The number of aryl methyl sites for hydroxylation is 8. The Morgan fingerprint density at radius 3 is 0.543 bits per heavy atom. The van der Waals surface area contributed by atoms with Crippen LogP contribution in [0.4, 0.5) is 0 Å². The highest BCUT2D eigenvalue weighted by Gasteiger charge is 2.18. The summed E-state index contributed by atoms with van der Waals surface area (Å²) < 4.78 is 0. The first kappa shape index (κ1) is 45.6. The normalized spacial score (nSPS) is 11.2. The maximum Gasteiger partial charge on any atom is 0.193 e. The van der Waals surface area contributed by atoms with Gasteiger partial charge in [-0.15, -0.1) is 0 Å². The summed E-state index contributed by atoms with van der Waals surface area (Å²) in [5.74, 6) is -0.0296. The van der Waals surface area contributed by atoms with Gasteiger partial charge in [-0.05, 0) is 205 Å². The molecule has 0 atom stereocenters. The van der Waals surface area contributed by atoms with Crippen LogP contribution in [-0.2, 0) is 0 Å². The van der Waals surface area contributed by atoms with Crippen molar-refractivity contribution >= 4 is 5.78 Å². The summed E-state index contributed by atoms with van der Waals surface area (Å²) in [6, 6.07) is 74.6. The van der Waals surface area contributed by atoms with Gasteiger partial charge in [-0.2, -0.15) is 0 Å². The number of hydrogen-bond donors (Lipinski definition) is 0. The quantitative estimate of drug-likeness (QED) is 0.125. The van der Waals surface area contributed by atoms with Crippen molar-refractivity contribution < 1.29 is 4.79 Å². The standard InChI is InChI=1S/C69H58O/c1-43-21-44(2)26-59(25-43)51-13-9-17-55(33-51)63-37-64(56-18-10-14-52(34-56)60-27-45(3)22-46(4)28-60)40-67(39-63)69(70)68-41-65(57-19-11-15-53(35-57)61-29-47(5)23-48(6)30-61)38-66(42-68)58-20-12-16-54(36-58)62-31-49(7)24-50(8)32-62/h9-42H,1-8H3. The van der Waals surface area contributed by atoms with Crippen molar-refractivity contribution in [3.63, 3.8) is 0 Å². The van der Waals surface area contributed by atoms with Gasteiger partial charge in [0.25, 0.3) is 0 Å². The van der Waals surface area contributed by atoms with Crippen LogP contribution < -0.4 is 0 Å². The molecule has 0 fully saturated rings. The topological polar surface area (TPSA) is 17.1 Å². The summed E-state index contributed by atoms with van der Waals surface area (Å²) >= 11 is 0. The summed E-state index contributed by atoms with van der Waals surface area (Å²) in [5, 5.41) is 0. The largest absolute Gasteiger partial charge is 0.289 e. The van der Waals surface area contributed by atoms with Crippen LogP contribution in [0.5, 0.6) is 0 Å². The van der Waals surface area contributed by atoms with E-state index in [4.69, 9.17) is 0 Å². The summed E-state index contributed by atoms with van der Waals surface area (Å²) in [5.41, 5.74) is 28.6. The summed E-state index contributed by atoms with van der Waals surface area (Å²) in [6.45, 7) is 17.2. The minimum absolute atomic E-state index is 0.0296. The second-order valence-electron chi connectivity index (χ2n) is 19.8. The van der Waals surface area contributed by atoms with E-state index < -0.39 is 0 Å². The van der Waals surface area contributed by atoms with E-state index in [1.54, 1.807) is 0 Å². The zero-order valence-electron chi connectivity index (χ0n) is 41.5. The lowest BCUT2D eigenvalue weighted by Crippen LogP contribution is -2.03. The Morgan fingerprint density at radius 1 is 0.200 bits per heavy atom. The Balaban J connectivity index is 1.15. The van der Waals surface area contributed by atoms with Crippen LogP contribution in [0.25, 0.3) is 89.0 Å². The molecule has 0 bridgehead atoms. The molecule has 10 rings (SSSR count). The van der Waals surface area contributed by atoms with Crippen molar-refractivity contribution in [3.05, 3.63) is 262 Å². The van der Waals surface area contributed by atoms with Crippen molar-refractivity contribution in [2.24, 2.45) is 0 Å². The van der Waals surface area contributed by atoms with E-state index in [0.717, 1.165) is 66.8 Å². The third kappa shape index (κ3) is 10.0. The lowest BCUT2D eigenvalue weighted by molar-refractivity contribution is 0.103. The first-order valence-corrected chi connectivity index (χ1v) is 24.4. The Kier molecular flexibility index (Phi) is 12.5. The second-order valence-corrected chi connectivity index (χ2v) is 19.8. The van der Waals surface area contributed by atoms with Gasteiger partial charge >= 0.3 is 0 Å². The smallest absolute Gasteiger partial charge is 0.193 e. The van der Waals surface area contributed by atoms with E-state index in [1.807, 2.05) is 0 Å². The third-order valence-corrected chi connectivity index (χ3v) is 13.4. The van der Waals surface area contributed by atoms with Crippen LogP contribution >= 0.6 is 0 Å². The maximum atomic E-state index is 15.6. The van der Waals surface area contributed by atoms with E-state index in [9.17, 15) is 0 Å². The van der Waals surface area contributed by atoms with Gasteiger partial charge < -0.3 is 0 Å². The fraction of sp³-hybridized carbons (Fsp3) is 0.116. The van der Waals surface area contributed by atoms with Crippen LogP contribution in [0.2, 0.25) is 0 Å². The van der Waals surface area contributed by atoms with Crippen molar-refractivity contribution in [3.8, 4) is 89.0 Å². The average molecular weight is 903 g/mol. The highest BCUT2D eigenvalue weighted by atomic mass is 16.1. The molecule has 0 heterocycles. The molecular weight excluding hydrogens is 845 g/mol. The molecule has 1 nitrogen and oxygen atoms in total. The molecular formula is C69H58O. The van der Waals surface area contributed by atoms with Crippen LogP contribution in [0.1, 0.15) is 60.4 Å². The molecule has 0 aliphatic heterocycles. The number of ketones is 1. The van der Waals surface area contributed by atoms with E-state index in [1.165, 1.54) is 66.8 Å². The molecule has 0 radical (unpaired) electrons. The van der Waals surface area contributed by atoms with Gasteiger partial charge in [0.2, 0.25) is 0 Å². The number of benzene rings is 10. The van der Waals surface area contributed by atoms with Crippen LogP contribution in [-0.4, -0.2) is 5.78 Å². The average Bonchev–Trinajstić information content (AvgIpc) is 3.35. The summed E-state index contributed by atoms with van der Waals surface area (Å²) in [4.78, 5) is 15.6. The zero-order valence-corrected chi connectivity index (χ0v) is 41.5. The van der Waals surface area contributed by atoms with Crippen molar-refractivity contribution in [2.45, 2.75) is 55.4 Å². The molecule has 0 aliphatic rings. The van der Waals surface area contributed by atoms with Gasteiger partial charge in [0.1, 0.15) is 0 Å². The molecule has 0 aliphatic carbocycles. The first-order valence-electron chi connectivity index (χ1n) is 24.4. The Morgan fingerprint density at radius 2 is 0.357 bits per heavy atom. The van der Waals surface area contributed by atoms with E-state index in [2.05, 4.69) is 262 Å². The molecule has 0 aromatic heterocycles. The maximum absolute atomic E-state index is 15.6. The Labute approximate surface area is 414 Å². The second kappa shape index (κ2) is 19.1. The van der Waals surface area contributed by atoms with Crippen molar-refractivity contribution in [2.75, 3.05) is 0 Å². The molecule has 340 valence electrons. The van der Waals surface area contributed by atoms with E-state index in [0.29, 0.717) is 11.1 Å². The monoisotopic (exact) mass is 902 g/mol. The summed E-state index contributed by atoms with van der Waals surface area (Å²) in [6.07, 6.45) is 0. The van der Waals surface area contributed by atoms with Gasteiger partial charge in [0, 0.05) is 11.1 Å². The zero-order chi connectivity index (χ0) is 48.6. The SMILES string of the molecule is Cc1cc(C)cc(-c2cccc(-c3cc(C(=O)c4cc(-c5cccc(-c6cc(C)cc(C)c6)c5)cc(-c5cccc(-c6cc(C)cc(C)c6)c5)c4)cc(-c4cccc(-c5cc(C)cc(C)c5)c4)c3)c2)c1. The molecule has 10 aromatic carbocycles. The van der Waals surface area contributed by atoms with Crippen LogP contribution in [0.3, 0.4) is 0 Å². The summed E-state index contributed by atoms with van der Waals surface area (Å²) in [7, 11) is 0. The number of rotatable bonds is 10. The van der Waals surface area contributed by atoms with Gasteiger partial charge in [-0.3, -0.25) is 4.79 Å². The molecule has 0 saturated carbocycles. The number of carbonyl (C=O) groups is 1. The number of hydrogen-bond acceptors (Lipinski definition) is 1. The molecule has 0 N–H and O–H groups in total. The Hall–Kier alpha value is -8.13. The minimum atomic E-state index is -0.0296. The fourth-order valence-electron chi connectivity index (χ4n) is 10.4. The predicted octanol–water partition coefficient (Wildman–Crippen LogP) is 18.7. The molecule has 0 spiro atoms. The van der Waals surface area contributed by atoms with Crippen LogP contribution in [0.15, 0.2) is 206 Å². The first-order chi connectivity index (χ1) is 33.8. The molecule has 70 heavy (non-hydrogen) atoms. The van der Waals surface area contributed by atoms with Gasteiger partial charge in [-0.1, -0.05) is 190 Å². The number of carbonyl (C=O) groups excluding carboxylic acids is 1. The predicted molar refractivity (Wildman–Crippen MR) is 298 cm³/mol. The van der Waals surface area contributed by atoms with Gasteiger partial charge in [0.05, 0.1) is 0 Å². The van der Waals surface area contributed by atoms with E-state index >= 15 is 4.79 Å². The highest BCUT2D eigenvalue weighted by Crippen LogP contribution is 2.38. The van der Waals surface area contributed by atoms with E-state index in [-0.39, 0.29) is 5.78 Å². The van der Waals surface area contributed by atoms with Gasteiger partial charge in [-0.25, -0.2) is 0 Å². The van der Waals surface area contributed by atoms with Gasteiger partial charge in [0.15, 0.2) is 5.78 Å². The molecule has 0 amide bonds.